The quantitative estimate of drug-likeness (QED) is 0.592. The Kier molecular flexibility index (Phi) is 4.53. The van der Waals surface area contributed by atoms with Crippen molar-refractivity contribution in [1.29, 1.82) is 0 Å². The summed E-state index contributed by atoms with van der Waals surface area (Å²) in [5.41, 5.74) is 3.96. The van der Waals surface area contributed by atoms with E-state index in [2.05, 4.69) is 20.5 Å². The van der Waals surface area contributed by atoms with Crippen molar-refractivity contribution in [2.45, 2.75) is 6.54 Å². The van der Waals surface area contributed by atoms with Crippen molar-refractivity contribution in [3.63, 3.8) is 0 Å². The minimum atomic E-state index is -0.271. The van der Waals surface area contributed by atoms with Crippen molar-refractivity contribution < 1.29 is 4.79 Å². The summed E-state index contributed by atoms with van der Waals surface area (Å²) >= 11 is 1.62. The molecule has 4 aromatic rings. The van der Waals surface area contributed by atoms with Crippen LogP contribution in [0.5, 0.6) is 0 Å². The lowest BCUT2D eigenvalue weighted by atomic mass is 10.1. The summed E-state index contributed by atoms with van der Waals surface area (Å²) in [5.74, 6) is -0.271. The zero-order chi connectivity index (χ0) is 17.8. The zero-order valence-corrected chi connectivity index (χ0v) is 14.6. The van der Waals surface area contributed by atoms with Gasteiger partial charge in [-0.25, -0.2) is 0 Å². The van der Waals surface area contributed by atoms with Gasteiger partial charge < -0.3 is 5.32 Å². The number of para-hydroxylation sites is 1. The third kappa shape index (κ3) is 3.38. The number of nitrogens with one attached hydrogen (secondary N) is 1. The molecule has 0 aliphatic rings. The molecule has 1 N–H and O–H groups in total. The number of thiophene rings is 1. The topological polar surface area (TPSA) is 72.7 Å². The third-order valence-electron chi connectivity index (χ3n) is 3.84. The number of hydrogen-bond acceptors (Lipinski definition) is 5. The molecule has 0 atom stereocenters. The summed E-state index contributed by atoms with van der Waals surface area (Å²) in [6, 6.07) is 15.3. The van der Waals surface area contributed by atoms with E-state index in [1.807, 2.05) is 59.3 Å². The molecule has 0 fully saturated rings. The Morgan fingerprint density at radius 1 is 1.12 bits per heavy atom. The van der Waals surface area contributed by atoms with Crippen molar-refractivity contribution >= 4 is 17.2 Å². The Bertz CT molecular complexity index is 1010. The van der Waals surface area contributed by atoms with Crippen molar-refractivity contribution in [2.75, 3.05) is 0 Å². The molecule has 0 spiro atoms. The third-order valence-corrected chi connectivity index (χ3v) is 4.52. The van der Waals surface area contributed by atoms with Crippen LogP contribution in [0, 0.1) is 0 Å². The van der Waals surface area contributed by atoms with Crippen LogP contribution in [0.25, 0.3) is 16.9 Å². The molecule has 3 aromatic heterocycles. The molecule has 0 aliphatic heterocycles. The van der Waals surface area contributed by atoms with Gasteiger partial charge in [-0.1, -0.05) is 24.3 Å². The van der Waals surface area contributed by atoms with Gasteiger partial charge in [0.1, 0.15) is 0 Å². The molecule has 0 saturated heterocycles. The highest BCUT2D eigenvalue weighted by Gasteiger charge is 2.13. The van der Waals surface area contributed by atoms with Crippen molar-refractivity contribution in [3.8, 4) is 16.9 Å². The number of carbonyl (C=O) groups is 1. The van der Waals surface area contributed by atoms with Crippen LogP contribution >= 0.6 is 11.3 Å². The van der Waals surface area contributed by atoms with E-state index in [-0.39, 0.29) is 11.6 Å². The first kappa shape index (κ1) is 16.2. The van der Waals surface area contributed by atoms with Crippen LogP contribution in [0.4, 0.5) is 0 Å². The van der Waals surface area contributed by atoms with Gasteiger partial charge in [0.25, 0.3) is 5.91 Å². The van der Waals surface area contributed by atoms with E-state index >= 15 is 0 Å². The Balaban J connectivity index is 1.48. The Hall–Kier alpha value is -3.32. The van der Waals surface area contributed by atoms with Gasteiger partial charge in [-0.15, -0.1) is 5.10 Å². The Morgan fingerprint density at radius 3 is 2.81 bits per heavy atom. The van der Waals surface area contributed by atoms with Crippen LogP contribution in [0.15, 0.2) is 71.7 Å². The summed E-state index contributed by atoms with van der Waals surface area (Å²) < 4.78 is 0. The molecule has 1 amide bonds. The molecule has 4 rings (SSSR count). The molecule has 7 heteroatoms. The smallest absolute Gasteiger partial charge is 0.273 e. The normalized spacial score (nSPS) is 10.6. The van der Waals surface area contributed by atoms with Gasteiger partial charge in [0.15, 0.2) is 5.69 Å². The van der Waals surface area contributed by atoms with Crippen LogP contribution < -0.4 is 5.32 Å². The number of nitrogens with zero attached hydrogens (tertiary/aromatic N) is 4. The molecule has 0 aliphatic carbocycles. The number of pyridine rings is 1. The van der Waals surface area contributed by atoms with Crippen molar-refractivity contribution in [3.05, 3.63) is 82.9 Å². The fourth-order valence-electron chi connectivity index (χ4n) is 2.56. The molecular formula is C19H15N5OS. The first-order valence-corrected chi connectivity index (χ1v) is 8.98. The SMILES string of the molecule is O=C(NCc1cccnc1-c1ccsc1)c1cnn(-c2ccccc2)n1. The number of hydrogen-bond donors (Lipinski definition) is 1. The summed E-state index contributed by atoms with van der Waals surface area (Å²) in [5, 5.41) is 15.3. The molecule has 0 saturated carbocycles. The molecule has 1 aromatic carbocycles. The summed E-state index contributed by atoms with van der Waals surface area (Å²) in [6.07, 6.45) is 3.22. The Labute approximate surface area is 154 Å². The first-order chi connectivity index (χ1) is 12.8. The number of aromatic nitrogens is 4. The maximum Gasteiger partial charge on any atom is 0.273 e. The average molecular weight is 361 g/mol. The highest BCUT2D eigenvalue weighted by Crippen LogP contribution is 2.23. The van der Waals surface area contributed by atoms with Gasteiger partial charge in [0.2, 0.25) is 0 Å². The average Bonchev–Trinajstić information content (AvgIpc) is 3.39. The summed E-state index contributed by atoms with van der Waals surface area (Å²) in [4.78, 5) is 18.3. The first-order valence-electron chi connectivity index (χ1n) is 8.04. The van der Waals surface area contributed by atoms with Gasteiger partial charge >= 0.3 is 0 Å². The molecule has 0 radical (unpaired) electrons. The molecular weight excluding hydrogens is 346 g/mol. The number of carbonyl (C=O) groups excluding carboxylic acids is 1. The van der Waals surface area contributed by atoms with E-state index in [0.717, 1.165) is 22.5 Å². The number of amides is 1. The van der Waals surface area contributed by atoms with Crippen LogP contribution in [0.2, 0.25) is 0 Å². The molecule has 128 valence electrons. The minimum Gasteiger partial charge on any atom is -0.346 e. The van der Waals surface area contributed by atoms with Crippen LogP contribution in [-0.2, 0) is 6.54 Å². The van der Waals surface area contributed by atoms with E-state index in [4.69, 9.17) is 0 Å². The second kappa shape index (κ2) is 7.28. The number of benzene rings is 1. The number of rotatable bonds is 5. The summed E-state index contributed by atoms with van der Waals surface area (Å²) in [6.45, 7) is 0.371. The van der Waals surface area contributed by atoms with Gasteiger partial charge in [-0.2, -0.15) is 21.2 Å². The predicted octanol–water partition coefficient (Wildman–Crippen LogP) is 3.32. The second-order valence-corrected chi connectivity index (χ2v) is 6.34. The molecule has 26 heavy (non-hydrogen) atoms. The van der Waals surface area contributed by atoms with Crippen molar-refractivity contribution in [2.24, 2.45) is 0 Å². The fraction of sp³-hybridized carbons (Fsp3) is 0.0526. The lowest BCUT2D eigenvalue weighted by Crippen LogP contribution is -2.23. The standard InChI is InChI=1S/C19H15N5OS/c25-19(17-12-22-24(23-17)16-6-2-1-3-7-16)21-11-14-5-4-9-20-18(14)15-8-10-26-13-15/h1-10,12-13H,11H2,(H,21,25). The summed E-state index contributed by atoms with van der Waals surface area (Å²) in [7, 11) is 0. The van der Waals surface area contributed by atoms with Crippen LogP contribution in [-0.4, -0.2) is 25.9 Å². The van der Waals surface area contributed by atoms with E-state index in [0.29, 0.717) is 6.54 Å². The van der Waals surface area contributed by atoms with Crippen LogP contribution in [0.3, 0.4) is 0 Å². The van der Waals surface area contributed by atoms with E-state index in [1.165, 1.54) is 11.0 Å². The highest BCUT2D eigenvalue weighted by molar-refractivity contribution is 7.08. The molecule has 0 bridgehead atoms. The monoisotopic (exact) mass is 361 g/mol. The lowest BCUT2D eigenvalue weighted by molar-refractivity contribution is 0.0945. The largest absolute Gasteiger partial charge is 0.346 e. The predicted molar refractivity (Wildman–Crippen MR) is 100 cm³/mol. The van der Waals surface area contributed by atoms with E-state index in [9.17, 15) is 4.79 Å². The molecule has 0 unspecified atom stereocenters. The minimum absolute atomic E-state index is 0.271. The lowest BCUT2D eigenvalue weighted by Gasteiger charge is -2.08. The maximum absolute atomic E-state index is 12.4. The Morgan fingerprint density at radius 2 is 2.00 bits per heavy atom. The van der Waals surface area contributed by atoms with Crippen LogP contribution in [0.1, 0.15) is 16.1 Å². The van der Waals surface area contributed by atoms with Gasteiger partial charge in [-0.3, -0.25) is 9.78 Å². The van der Waals surface area contributed by atoms with Gasteiger partial charge in [0.05, 0.1) is 17.6 Å². The molecule has 6 nitrogen and oxygen atoms in total. The van der Waals surface area contributed by atoms with E-state index < -0.39 is 0 Å². The van der Waals surface area contributed by atoms with E-state index in [1.54, 1.807) is 17.5 Å². The maximum atomic E-state index is 12.4. The van der Waals surface area contributed by atoms with Crippen molar-refractivity contribution in [1.82, 2.24) is 25.3 Å². The fourth-order valence-corrected chi connectivity index (χ4v) is 3.20. The van der Waals surface area contributed by atoms with Gasteiger partial charge in [0, 0.05) is 23.7 Å². The molecule has 3 heterocycles. The zero-order valence-electron chi connectivity index (χ0n) is 13.7. The second-order valence-electron chi connectivity index (χ2n) is 5.56. The van der Waals surface area contributed by atoms with Gasteiger partial charge in [-0.05, 0) is 35.2 Å². The highest BCUT2D eigenvalue weighted by atomic mass is 32.1.